The van der Waals surface area contributed by atoms with Crippen molar-refractivity contribution in [3.63, 3.8) is 0 Å². The molecule has 5 rings (SSSR count). The number of nitrogens with zero attached hydrogens (tertiary/aromatic N) is 5. The van der Waals surface area contributed by atoms with Crippen LogP contribution in [0.3, 0.4) is 0 Å². The average Bonchev–Trinajstić information content (AvgIpc) is 3.49. The number of piperidine rings is 1. The fraction of sp³-hybridized carbons (Fsp3) is 0.667. The van der Waals surface area contributed by atoms with Gasteiger partial charge in [-0.1, -0.05) is 43.4 Å². The Labute approximate surface area is 217 Å². The van der Waals surface area contributed by atoms with Crippen LogP contribution >= 0.6 is 0 Å². The molecule has 1 aromatic carbocycles. The van der Waals surface area contributed by atoms with Crippen LogP contribution in [0.5, 0.6) is 0 Å². The van der Waals surface area contributed by atoms with Gasteiger partial charge in [0.2, 0.25) is 5.91 Å². The molecule has 1 N–H and O–H groups in total. The molecule has 1 aliphatic carbocycles. The summed E-state index contributed by atoms with van der Waals surface area (Å²) >= 11 is 0. The zero-order valence-corrected chi connectivity index (χ0v) is 21.5. The fourth-order valence-electron chi connectivity index (χ4n) is 6.61. The maximum absolute atomic E-state index is 14.0. The SMILES string of the molecule is CCN1CCC(c2ccc(C(=O)NC3(C(=O)N4C[C@@H](N=[N+]=[N-])[C@H]5OCC(=O)[C@H]54)CCCCC3)cc2)CC1. The van der Waals surface area contributed by atoms with Crippen molar-refractivity contribution in [2.75, 3.05) is 32.8 Å². The minimum atomic E-state index is -1.08. The van der Waals surface area contributed by atoms with Crippen molar-refractivity contribution in [3.8, 4) is 0 Å². The minimum Gasteiger partial charge on any atom is -0.367 e. The molecule has 3 aliphatic heterocycles. The van der Waals surface area contributed by atoms with Crippen molar-refractivity contribution in [3.05, 3.63) is 45.8 Å². The van der Waals surface area contributed by atoms with Crippen LogP contribution in [0.2, 0.25) is 0 Å². The van der Waals surface area contributed by atoms with Crippen LogP contribution in [0, 0.1) is 0 Å². The quantitative estimate of drug-likeness (QED) is 0.359. The highest BCUT2D eigenvalue weighted by Gasteiger charge is 2.56. The van der Waals surface area contributed by atoms with Crippen molar-refractivity contribution in [1.82, 2.24) is 15.1 Å². The van der Waals surface area contributed by atoms with E-state index in [2.05, 4.69) is 27.2 Å². The third kappa shape index (κ3) is 4.98. The number of azide groups is 1. The number of Topliss-reactive ketones (excluding diaryl/α,β-unsaturated/α-hetero) is 1. The second-order valence-corrected chi connectivity index (χ2v) is 10.8. The lowest BCUT2D eigenvalue weighted by Gasteiger charge is -2.40. The van der Waals surface area contributed by atoms with Gasteiger partial charge in [0.1, 0.15) is 18.2 Å². The molecule has 2 amide bonds. The van der Waals surface area contributed by atoms with Crippen molar-refractivity contribution in [2.45, 2.75) is 81.5 Å². The Morgan fingerprint density at radius 1 is 1.16 bits per heavy atom. The molecule has 0 unspecified atom stereocenters. The predicted octanol–water partition coefficient (Wildman–Crippen LogP) is 3.18. The summed E-state index contributed by atoms with van der Waals surface area (Å²) in [4.78, 5) is 46.9. The van der Waals surface area contributed by atoms with Gasteiger partial charge in [-0.05, 0) is 74.5 Å². The smallest absolute Gasteiger partial charge is 0.252 e. The summed E-state index contributed by atoms with van der Waals surface area (Å²) in [6.07, 6.45) is 5.26. The van der Waals surface area contributed by atoms with Crippen LogP contribution in [0.25, 0.3) is 10.4 Å². The van der Waals surface area contributed by atoms with E-state index >= 15 is 0 Å². The highest BCUT2D eigenvalue weighted by molar-refractivity contribution is 6.01. The molecule has 3 atom stereocenters. The summed E-state index contributed by atoms with van der Waals surface area (Å²) < 4.78 is 5.58. The van der Waals surface area contributed by atoms with Crippen molar-refractivity contribution in [1.29, 1.82) is 0 Å². The normalized spacial score (nSPS) is 28.0. The fourth-order valence-corrected chi connectivity index (χ4v) is 6.61. The van der Waals surface area contributed by atoms with E-state index in [0.29, 0.717) is 24.3 Å². The molecule has 4 aliphatic rings. The summed E-state index contributed by atoms with van der Waals surface area (Å²) in [6.45, 7) is 5.49. The Balaban J connectivity index is 1.32. The van der Waals surface area contributed by atoms with Crippen molar-refractivity contribution < 1.29 is 19.1 Å². The van der Waals surface area contributed by atoms with Crippen LogP contribution in [0.1, 0.15) is 73.7 Å². The first-order chi connectivity index (χ1) is 18.0. The predicted molar refractivity (Wildman–Crippen MR) is 137 cm³/mol. The van der Waals surface area contributed by atoms with E-state index in [-0.39, 0.29) is 30.7 Å². The van der Waals surface area contributed by atoms with Crippen molar-refractivity contribution >= 4 is 17.6 Å². The molecule has 0 spiro atoms. The largest absolute Gasteiger partial charge is 0.367 e. The van der Waals surface area contributed by atoms with Crippen molar-refractivity contribution in [2.24, 2.45) is 5.11 Å². The molecule has 198 valence electrons. The maximum Gasteiger partial charge on any atom is 0.252 e. The first kappa shape index (κ1) is 25.7. The molecule has 3 heterocycles. The van der Waals surface area contributed by atoms with Crippen LogP contribution in [-0.4, -0.2) is 83.9 Å². The topological polar surface area (TPSA) is 128 Å². The van der Waals surface area contributed by atoms with E-state index < -0.39 is 23.7 Å². The molecule has 4 fully saturated rings. The molecule has 1 aromatic rings. The lowest BCUT2D eigenvalue weighted by molar-refractivity contribution is -0.143. The number of hydrogen-bond acceptors (Lipinski definition) is 6. The summed E-state index contributed by atoms with van der Waals surface area (Å²) in [7, 11) is 0. The van der Waals surface area contributed by atoms with E-state index in [1.807, 2.05) is 24.3 Å². The van der Waals surface area contributed by atoms with Gasteiger partial charge in [-0.3, -0.25) is 14.4 Å². The number of nitrogens with one attached hydrogen (secondary N) is 1. The standard InChI is InChI=1S/C27H36N6O4/c1-2-32-14-10-19(11-15-32)18-6-8-20(9-7-18)25(35)29-27(12-4-3-5-13-27)26(36)33-16-21(30-31-28)24-23(33)22(34)17-37-24/h6-9,19,21,23-24H,2-5,10-17H2,1H3,(H,29,35)/t21-,23-,24-/m1/s1. The van der Waals surface area contributed by atoms with Gasteiger partial charge in [-0.15, -0.1) is 0 Å². The Morgan fingerprint density at radius 3 is 2.51 bits per heavy atom. The highest BCUT2D eigenvalue weighted by Crippen LogP contribution is 2.36. The van der Waals surface area contributed by atoms with E-state index in [9.17, 15) is 14.4 Å². The van der Waals surface area contributed by atoms with Crippen LogP contribution in [0.15, 0.2) is 29.4 Å². The minimum absolute atomic E-state index is 0.0975. The zero-order valence-electron chi connectivity index (χ0n) is 21.5. The zero-order chi connectivity index (χ0) is 26.0. The van der Waals surface area contributed by atoms with Gasteiger partial charge >= 0.3 is 0 Å². The molecular formula is C27H36N6O4. The van der Waals surface area contributed by atoms with Gasteiger partial charge in [-0.2, -0.15) is 0 Å². The maximum atomic E-state index is 14.0. The number of fused-ring (bicyclic) bond motifs is 1. The molecule has 37 heavy (non-hydrogen) atoms. The van der Waals surface area contributed by atoms with E-state index in [0.717, 1.165) is 51.7 Å². The molecule has 0 radical (unpaired) electrons. The number of rotatable bonds is 6. The van der Waals surface area contributed by atoms with E-state index in [1.165, 1.54) is 10.5 Å². The van der Waals surface area contributed by atoms with Gasteiger partial charge in [0.25, 0.3) is 5.91 Å². The molecule has 1 saturated carbocycles. The monoisotopic (exact) mass is 508 g/mol. The molecule has 3 saturated heterocycles. The number of amides is 2. The first-order valence-corrected chi connectivity index (χ1v) is 13.6. The van der Waals surface area contributed by atoms with Gasteiger partial charge in [0.05, 0.1) is 12.1 Å². The lowest BCUT2D eigenvalue weighted by Crippen LogP contribution is -2.62. The number of likely N-dealkylation sites (tertiary alicyclic amines) is 2. The summed E-state index contributed by atoms with van der Waals surface area (Å²) in [5.74, 6) is -0.237. The summed E-state index contributed by atoms with van der Waals surface area (Å²) in [5, 5.41) is 6.87. The summed E-state index contributed by atoms with van der Waals surface area (Å²) in [5.41, 5.74) is 9.66. The highest BCUT2D eigenvalue weighted by atomic mass is 16.5. The van der Waals surface area contributed by atoms with E-state index in [4.69, 9.17) is 10.3 Å². The first-order valence-electron chi connectivity index (χ1n) is 13.6. The van der Waals surface area contributed by atoms with Gasteiger partial charge in [0, 0.05) is 17.0 Å². The third-order valence-corrected chi connectivity index (χ3v) is 8.77. The Hall–Kier alpha value is -2.94. The number of hydrogen-bond donors (Lipinski definition) is 1. The van der Waals surface area contributed by atoms with E-state index in [1.54, 1.807) is 0 Å². The Bertz CT molecular complexity index is 1070. The third-order valence-electron chi connectivity index (χ3n) is 8.77. The average molecular weight is 509 g/mol. The Morgan fingerprint density at radius 2 is 1.86 bits per heavy atom. The van der Waals surface area contributed by atoms with Gasteiger partial charge < -0.3 is 19.9 Å². The molecular weight excluding hydrogens is 472 g/mol. The number of carbonyl (C=O) groups is 3. The van der Waals surface area contributed by atoms with Gasteiger partial charge in [-0.25, -0.2) is 0 Å². The lowest BCUT2D eigenvalue weighted by atomic mass is 9.80. The van der Waals surface area contributed by atoms with Gasteiger partial charge in [0.15, 0.2) is 5.78 Å². The van der Waals surface area contributed by atoms with Crippen LogP contribution in [-0.2, 0) is 14.3 Å². The second kappa shape index (κ2) is 10.8. The molecule has 10 nitrogen and oxygen atoms in total. The van der Waals surface area contributed by atoms with Crippen LogP contribution < -0.4 is 5.32 Å². The molecule has 0 aromatic heterocycles. The molecule has 10 heteroatoms. The summed E-state index contributed by atoms with van der Waals surface area (Å²) in [6, 6.07) is 6.42. The Kier molecular flexibility index (Phi) is 7.51. The number of ketones is 1. The second-order valence-electron chi connectivity index (χ2n) is 10.8. The van der Waals surface area contributed by atoms with Crippen LogP contribution in [0.4, 0.5) is 0 Å². The molecule has 0 bridgehead atoms. The number of ether oxygens (including phenoxy) is 1. The number of carbonyl (C=O) groups excluding carboxylic acids is 3. The number of benzene rings is 1.